The van der Waals surface area contributed by atoms with Gasteiger partial charge < -0.3 is 15.2 Å². The van der Waals surface area contributed by atoms with Crippen LogP contribution in [0.25, 0.3) is 0 Å². The lowest BCUT2D eigenvalue weighted by Crippen LogP contribution is -2.34. The van der Waals surface area contributed by atoms with E-state index in [0.717, 1.165) is 48.9 Å². The van der Waals surface area contributed by atoms with Gasteiger partial charge in [-0.05, 0) is 30.5 Å². The molecule has 3 rings (SSSR count). The molecule has 0 fully saturated rings. The second kappa shape index (κ2) is 6.03. The highest BCUT2D eigenvalue weighted by atomic mass is 35.5. The number of anilines is 1. The molecule has 1 aromatic carbocycles. The molecule has 112 valence electrons. The lowest BCUT2D eigenvalue weighted by atomic mass is 10.0. The maximum atomic E-state index is 6.41. The molecule has 2 N–H and O–H groups in total. The molecule has 0 spiro atoms. The Morgan fingerprint density at radius 1 is 1.38 bits per heavy atom. The van der Waals surface area contributed by atoms with E-state index in [0.29, 0.717) is 0 Å². The summed E-state index contributed by atoms with van der Waals surface area (Å²) in [6, 6.07) is 6.19. The molecule has 0 amide bonds. The molecule has 21 heavy (non-hydrogen) atoms. The monoisotopic (exact) mass is 305 g/mol. The Morgan fingerprint density at radius 3 is 3.05 bits per heavy atom. The quantitative estimate of drug-likeness (QED) is 0.941. The van der Waals surface area contributed by atoms with Crippen molar-refractivity contribution in [2.24, 2.45) is 5.73 Å². The average Bonchev–Trinajstić information content (AvgIpc) is 2.96. The van der Waals surface area contributed by atoms with Crippen molar-refractivity contribution in [1.82, 2.24) is 14.8 Å². The maximum Gasteiger partial charge on any atom is 0.152 e. The Kier molecular flexibility index (Phi) is 4.12. The normalized spacial score (nSPS) is 15.9. The van der Waals surface area contributed by atoms with Gasteiger partial charge in [0.15, 0.2) is 5.82 Å². The molecule has 0 saturated heterocycles. The Balaban J connectivity index is 1.90. The Hall–Kier alpha value is -1.59. The highest BCUT2D eigenvalue weighted by molar-refractivity contribution is 6.31. The third kappa shape index (κ3) is 2.89. The van der Waals surface area contributed by atoms with Crippen LogP contribution in [-0.4, -0.2) is 27.4 Å². The second-order valence-corrected chi connectivity index (χ2v) is 5.88. The molecule has 1 aliphatic heterocycles. The van der Waals surface area contributed by atoms with Crippen LogP contribution in [0.2, 0.25) is 5.02 Å². The first-order valence-corrected chi connectivity index (χ1v) is 7.71. The fraction of sp³-hybridized carbons (Fsp3) is 0.467. The van der Waals surface area contributed by atoms with Gasteiger partial charge in [-0.3, -0.25) is 0 Å². The number of hydrogen-bond donors (Lipinski definition) is 1. The van der Waals surface area contributed by atoms with E-state index in [1.54, 1.807) is 6.33 Å². The van der Waals surface area contributed by atoms with Crippen molar-refractivity contribution in [1.29, 1.82) is 0 Å². The molecule has 0 bridgehead atoms. The fourth-order valence-corrected chi connectivity index (χ4v) is 2.97. The summed E-state index contributed by atoms with van der Waals surface area (Å²) in [5.74, 6) is 0.993. The summed E-state index contributed by atoms with van der Waals surface area (Å²) in [7, 11) is 0. The molecule has 1 aromatic heterocycles. The van der Waals surface area contributed by atoms with Crippen LogP contribution in [0.4, 0.5) is 5.69 Å². The van der Waals surface area contributed by atoms with Crippen LogP contribution in [0, 0.1) is 0 Å². The summed E-state index contributed by atoms with van der Waals surface area (Å²) in [5.41, 5.74) is 8.44. The van der Waals surface area contributed by atoms with E-state index in [-0.39, 0.29) is 6.04 Å². The minimum absolute atomic E-state index is 0.136. The summed E-state index contributed by atoms with van der Waals surface area (Å²) < 4.78 is 2.10. The summed E-state index contributed by atoms with van der Waals surface area (Å²) >= 11 is 6.41. The van der Waals surface area contributed by atoms with Crippen LogP contribution < -0.4 is 10.6 Å². The Labute approximate surface area is 129 Å². The van der Waals surface area contributed by atoms with Gasteiger partial charge in [0.1, 0.15) is 6.33 Å². The predicted molar refractivity (Wildman–Crippen MR) is 84.5 cm³/mol. The standard InChI is InChI=1S/C15H20ClN5/c1-2-11(17)8-12-13(16)4-3-5-14(12)20-6-7-21-10-18-19-15(21)9-20/h3-5,10-11H,2,6-9,17H2,1H3. The van der Waals surface area contributed by atoms with Crippen LogP contribution in [0.3, 0.4) is 0 Å². The SMILES string of the molecule is CCC(N)Cc1c(Cl)cccc1N1CCn2cnnc2C1. The van der Waals surface area contributed by atoms with Gasteiger partial charge in [0.2, 0.25) is 0 Å². The van der Waals surface area contributed by atoms with Crippen LogP contribution in [0.15, 0.2) is 24.5 Å². The lowest BCUT2D eigenvalue weighted by molar-refractivity contribution is 0.557. The van der Waals surface area contributed by atoms with Crippen molar-refractivity contribution in [2.75, 3.05) is 11.4 Å². The van der Waals surface area contributed by atoms with Crippen molar-refractivity contribution in [3.63, 3.8) is 0 Å². The number of fused-ring (bicyclic) bond motifs is 1. The van der Waals surface area contributed by atoms with Gasteiger partial charge in [0.25, 0.3) is 0 Å². The molecule has 0 aliphatic carbocycles. The molecule has 1 aliphatic rings. The van der Waals surface area contributed by atoms with Crippen LogP contribution in [-0.2, 0) is 19.5 Å². The number of halogens is 1. The third-order valence-electron chi connectivity index (χ3n) is 4.06. The summed E-state index contributed by atoms with van der Waals surface area (Å²) in [6.45, 7) is 4.69. The van der Waals surface area contributed by atoms with Gasteiger partial charge >= 0.3 is 0 Å². The molecule has 2 heterocycles. The Morgan fingerprint density at radius 2 is 2.24 bits per heavy atom. The number of aromatic nitrogens is 3. The van der Waals surface area contributed by atoms with Gasteiger partial charge in [-0.25, -0.2) is 0 Å². The van der Waals surface area contributed by atoms with E-state index in [4.69, 9.17) is 17.3 Å². The molecule has 0 saturated carbocycles. The number of nitrogens with two attached hydrogens (primary N) is 1. The van der Waals surface area contributed by atoms with Crippen LogP contribution >= 0.6 is 11.6 Å². The van der Waals surface area contributed by atoms with E-state index in [2.05, 4.69) is 32.7 Å². The number of rotatable bonds is 4. The highest BCUT2D eigenvalue weighted by Crippen LogP contribution is 2.30. The molecular formula is C15H20ClN5. The van der Waals surface area contributed by atoms with Gasteiger partial charge in [-0.1, -0.05) is 24.6 Å². The minimum Gasteiger partial charge on any atom is -0.362 e. The zero-order chi connectivity index (χ0) is 14.8. The molecule has 1 atom stereocenters. The third-order valence-corrected chi connectivity index (χ3v) is 4.42. The highest BCUT2D eigenvalue weighted by Gasteiger charge is 2.21. The summed E-state index contributed by atoms with van der Waals surface area (Å²) in [5, 5.41) is 8.94. The van der Waals surface area contributed by atoms with Gasteiger partial charge in [0.05, 0.1) is 6.54 Å². The van der Waals surface area contributed by atoms with Crippen molar-refractivity contribution in [2.45, 2.75) is 38.9 Å². The zero-order valence-corrected chi connectivity index (χ0v) is 12.9. The van der Waals surface area contributed by atoms with E-state index in [1.165, 1.54) is 5.69 Å². The molecule has 1 unspecified atom stereocenters. The first-order valence-electron chi connectivity index (χ1n) is 7.33. The maximum absolute atomic E-state index is 6.41. The molecule has 6 heteroatoms. The Bertz CT molecular complexity index is 624. The second-order valence-electron chi connectivity index (χ2n) is 5.47. The summed E-state index contributed by atoms with van der Waals surface area (Å²) in [4.78, 5) is 2.31. The van der Waals surface area contributed by atoms with Gasteiger partial charge in [-0.15, -0.1) is 10.2 Å². The predicted octanol–water partition coefficient (Wildman–Crippen LogP) is 2.23. The number of benzene rings is 1. The van der Waals surface area contributed by atoms with Crippen LogP contribution in [0.1, 0.15) is 24.7 Å². The molecular weight excluding hydrogens is 286 g/mol. The first kappa shape index (κ1) is 14.4. The molecule has 2 aromatic rings. The molecule has 5 nitrogen and oxygen atoms in total. The van der Waals surface area contributed by atoms with Gasteiger partial charge in [0, 0.05) is 29.8 Å². The lowest BCUT2D eigenvalue weighted by Gasteiger charge is -2.31. The average molecular weight is 306 g/mol. The largest absolute Gasteiger partial charge is 0.362 e. The smallest absolute Gasteiger partial charge is 0.152 e. The van der Waals surface area contributed by atoms with E-state index in [9.17, 15) is 0 Å². The van der Waals surface area contributed by atoms with E-state index < -0.39 is 0 Å². The van der Waals surface area contributed by atoms with E-state index >= 15 is 0 Å². The van der Waals surface area contributed by atoms with Crippen LogP contribution in [0.5, 0.6) is 0 Å². The van der Waals surface area contributed by atoms with Gasteiger partial charge in [-0.2, -0.15) is 0 Å². The fourth-order valence-electron chi connectivity index (χ4n) is 2.72. The first-order chi connectivity index (χ1) is 10.2. The topological polar surface area (TPSA) is 60.0 Å². The van der Waals surface area contributed by atoms with Crippen molar-refractivity contribution in [3.05, 3.63) is 40.9 Å². The van der Waals surface area contributed by atoms with Crippen molar-refractivity contribution >= 4 is 17.3 Å². The number of nitrogens with zero attached hydrogens (tertiary/aromatic N) is 4. The van der Waals surface area contributed by atoms with Crippen molar-refractivity contribution in [3.8, 4) is 0 Å². The molecule has 0 radical (unpaired) electrons. The minimum atomic E-state index is 0.136. The van der Waals surface area contributed by atoms with E-state index in [1.807, 2.05) is 12.1 Å². The number of hydrogen-bond acceptors (Lipinski definition) is 4. The van der Waals surface area contributed by atoms with Crippen molar-refractivity contribution < 1.29 is 0 Å². The zero-order valence-electron chi connectivity index (χ0n) is 12.2. The summed E-state index contributed by atoms with van der Waals surface area (Å²) in [6.07, 6.45) is 3.53.